The lowest BCUT2D eigenvalue weighted by atomic mass is 9.96. The molecular weight excluding hydrogens is 288 g/mol. The number of nitrogens with zero attached hydrogens (tertiary/aromatic N) is 2. The first-order valence-electron chi connectivity index (χ1n) is 8.88. The van der Waals surface area contributed by atoms with Gasteiger partial charge in [-0.1, -0.05) is 12.1 Å². The number of methoxy groups -OCH3 is 1. The van der Waals surface area contributed by atoms with Crippen LogP contribution in [-0.4, -0.2) is 61.3 Å². The van der Waals surface area contributed by atoms with Gasteiger partial charge in [0.1, 0.15) is 5.75 Å². The first-order chi connectivity index (χ1) is 11.2. The minimum absolute atomic E-state index is 0.306. The van der Waals surface area contributed by atoms with Crippen LogP contribution in [0.4, 0.5) is 0 Å². The highest BCUT2D eigenvalue weighted by Crippen LogP contribution is 2.29. The van der Waals surface area contributed by atoms with Crippen LogP contribution < -0.4 is 4.74 Å². The van der Waals surface area contributed by atoms with Gasteiger partial charge in [0, 0.05) is 38.3 Å². The third-order valence-corrected chi connectivity index (χ3v) is 5.41. The van der Waals surface area contributed by atoms with Gasteiger partial charge in [-0.15, -0.1) is 0 Å². The van der Waals surface area contributed by atoms with Gasteiger partial charge in [0.05, 0.1) is 7.11 Å². The van der Waals surface area contributed by atoms with Crippen LogP contribution in [0.2, 0.25) is 0 Å². The molecular formula is C19H30N2O2. The van der Waals surface area contributed by atoms with Crippen molar-refractivity contribution < 1.29 is 9.84 Å². The van der Waals surface area contributed by atoms with Crippen LogP contribution in [-0.2, 0) is 6.54 Å². The fourth-order valence-electron chi connectivity index (χ4n) is 4.10. The lowest BCUT2D eigenvalue weighted by Gasteiger charge is -2.23. The summed E-state index contributed by atoms with van der Waals surface area (Å²) in [6.45, 7) is 9.00. The average Bonchev–Trinajstić information content (AvgIpc) is 3.19. The second kappa shape index (κ2) is 7.65. The number of likely N-dealkylation sites (tertiary alicyclic amines) is 2. The minimum atomic E-state index is 0.306. The van der Waals surface area contributed by atoms with E-state index in [-0.39, 0.29) is 0 Å². The zero-order valence-corrected chi connectivity index (χ0v) is 14.5. The van der Waals surface area contributed by atoms with Crippen molar-refractivity contribution in [2.75, 3.05) is 46.4 Å². The molecule has 2 fully saturated rings. The third kappa shape index (κ3) is 4.06. The maximum Gasteiger partial charge on any atom is 0.123 e. The fraction of sp³-hybridized carbons (Fsp3) is 0.684. The van der Waals surface area contributed by atoms with E-state index in [1.807, 2.05) is 0 Å². The van der Waals surface area contributed by atoms with Crippen molar-refractivity contribution in [3.05, 3.63) is 29.3 Å². The second-order valence-electron chi connectivity index (χ2n) is 7.22. The Kier molecular flexibility index (Phi) is 5.57. The van der Waals surface area contributed by atoms with Gasteiger partial charge in [0.2, 0.25) is 0 Å². The molecule has 128 valence electrons. The number of aliphatic hydroxyl groups is 1. The van der Waals surface area contributed by atoms with E-state index in [1.165, 1.54) is 37.1 Å². The van der Waals surface area contributed by atoms with E-state index in [9.17, 15) is 5.11 Å². The molecule has 2 aliphatic heterocycles. The summed E-state index contributed by atoms with van der Waals surface area (Å²) in [5.74, 6) is 1.98. The minimum Gasteiger partial charge on any atom is -0.496 e. The van der Waals surface area contributed by atoms with Crippen molar-refractivity contribution in [3.63, 3.8) is 0 Å². The molecule has 4 nitrogen and oxygen atoms in total. The van der Waals surface area contributed by atoms with Crippen LogP contribution in [0.15, 0.2) is 18.2 Å². The Morgan fingerprint density at radius 3 is 2.57 bits per heavy atom. The van der Waals surface area contributed by atoms with E-state index in [0.717, 1.165) is 31.9 Å². The van der Waals surface area contributed by atoms with E-state index in [0.29, 0.717) is 18.4 Å². The third-order valence-electron chi connectivity index (χ3n) is 5.41. The van der Waals surface area contributed by atoms with E-state index in [1.54, 1.807) is 7.11 Å². The van der Waals surface area contributed by atoms with E-state index in [4.69, 9.17) is 4.74 Å². The number of benzene rings is 1. The molecule has 1 aromatic rings. The molecule has 2 aliphatic rings. The number of aliphatic hydroxyl groups excluding tert-OH is 1. The maximum absolute atomic E-state index is 9.76. The molecule has 1 aromatic carbocycles. The Morgan fingerprint density at radius 2 is 1.87 bits per heavy atom. The molecule has 2 saturated heterocycles. The number of rotatable bonds is 6. The zero-order chi connectivity index (χ0) is 16.2. The van der Waals surface area contributed by atoms with Crippen LogP contribution in [0.5, 0.6) is 5.75 Å². The number of hydrogen-bond acceptors (Lipinski definition) is 4. The van der Waals surface area contributed by atoms with Crippen molar-refractivity contribution >= 4 is 0 Å². The smallest absolute Gasteiger partial charge is 0.123 e. The predicted octanol–water partition coefficient (Wildman–Crippen LogP) is 2.14. The highest BCUT2D eigenvalue weighted by molar-refractivity contribution is 5.37. The molecule has 4 heteroatoms. The van der Waals surface area contributed by atoms with Crippen LogP contribution in [0.25, 0.3) is 0 Å². The quantitative estimate of drug-likeness (QED) is 0.872. The number of ether oxygens (including phenoxy) is 1. The average molecular weight is 318 g/mol. The SMILES string of the molecule is COc1cc(C)ccc1CN1C[C@@H](CN2CCCC2)[C@@H](CO)C1. The highest BCUT2D eigenvalue weighted by atomic mass is 16.5. The van der Waals surface area contributed by atoms with Gasteiger partial charge < -0.3 is 14.7 Å². The molecule has 0 saturated carbocycles. The van der Waals surface area contributed by atoms with Crippen molar-refractivity contribution in [1.82, 2.24) is 9.80 Å². The molecule has 23 heavy (non-hydrogen) atoms. The van der Waals surface area contributed by atoms with Crippen LogP contribution in [0.3, 0.4) is 0 Å². The van der Waals surface area contributed by atoms with Gasteiger partial charge in [-0.2, -0.15) is 0 Å². The van der Waals surface area contributed by atoms with Gasteiger partial charge in [-0.05, 0) is 56.3 Å². The largest absolute Gasteiger partial charge is 0.496 e. The zero-order valence-electron chi connectivity index (χ0n) is 14.5. The van der Waals surface area contributed by atoms with Gasteiger partial charge in [-0.25, -0.2) is 0 Å². The molecule has 0 radical (unpaired) electrons. The lowest BCUT2D eigenvalue weighted by Crippen LogP contribution is -2.31. The second-order valence-corrected chi connectivity index (χ2v) is 7.22. The van der Waals surface area contributed by atoms with E-state index >= 15 is 0 Å². The Bertz CT molecular complexity index is 514. The monoisotopic (exact) mass is 318 g/mol. The lowest BCUT2D eigenvalue weighted by molar-refractivity contribution is 0.175. The Morgan fingerprint density at radius 1 is 1.13 bits per heavy atom. The topological polar surface area (TPSA) is 35.9 Å². The van der Waals surface area contributed by atoms with Crippen LogP contribution in [0, 0.1) is 18.8 Å². The molecule has 3 rings (SSSR count). The molecule has 1 N–H and O–H groups in total. The summed E-state index contributed by atoms with van der Waals surface area (Å²) in [6, 6.07) is 6.44. The Hall–Kier alpha value is -1.10. The Balaban J connectivity index is 1.62. The van der Waals surface area contributed by atoms with E-state index in [2.05, 4.69) is 34.9 Å². The van der Waals surface area contributed by atoms with Crippen LogP contribution in [0.1, 0.15) is 24.0 Å². The predicted molar refractivity (Wildman–Crippen MR) is 92.7 cm³/mol. The normalized spacial score (nSPS) is 26.0. The molecule has 0 aliphatic carbocycles. The van der Waals surface area contributed by atoms with E-state index < -0.39 is 0 Å². The fourth-order valence-corrected chi connectivity index (χ4v) is 4.10. The summed E-state index contributed by atoms with van der Waals surface area (Å²) in [4.78, 5) is 5.05. The number of aryl methyl sites for hydroxylation is 1. The molecule has 0 spiro atoms. The van der Waals surface area contributed by atoms with Gasteiger partial charge in [-0.3, -0.25) is 4.90 Å². The highest BCUT2D eigenvalue weighted by Gasteiger charge is 2.34. The first kappa shape index (κ1) is 16.7. The van der Waals surface area contributed by atoms with Crippen molar-refractivity contribution in [2.24, 2.45) is 11.8 Å². The standard InChI is InChI=1S/C19H30N2O2/c1-15-5-6-16(19(9-15)23-2)10-21-12-17(18(13-21)14-22)11-20-7-3-4-8-20/h5-6,9,17-18,22H,3-4,7-8,10-14H2,1-2H3/t17-,18-/m1/s1. The Labute approximate surface area is 140 Å². The molecule has 0 amide bonds. The molecule has 0 bridgehead atoms. The van der Waals surface area contributed by atoms with Gasteiger partial charge in [0.25, 0.3) is 0 Å². The molecule has 2 heterocycles. The molecule has 2 atom stereocenters. The maximum atomic E-state index is 9.76. The summed E-state index contributed by atoms with van der Waals surface area (Å²) in [5, 5.41) is 9.76. The summed E-state index contributed by atoms with van der Waals surface area (Å²) < 4.78 is 5.54. The summed E-state index contributed by atoms with van der Waals surface area (Å²) in [6.07, 6.45) is 2.67. The van der Waals surface area contributed by atoms with Crippen molar-refractivity contribution in [1.29, 1.82) is 0 Å². The number of hydrogen-bond donors (Lipinski definition) is 1. The van der Waals surface area contributed by atoms with Crippen molar-refractivity contribution in [3.8, 4) is 5.75 Å². The van der Waals surface area contributed by atoms with Gasteiger partial charge in [0.15, 0.2) is 0 Å². The first-order valence-corrected chi connectivity index (χ1v) is 8.88. The van der Waals surface area contributed by atoms with Gasteiger partial charge >= 0.3 is 0 Å². The summed E-state index contributed by atoms with van der Waals surface area (Å²) >= 11 is 0. The van der Waals surface area contributed by atoms with Crippen molar-refractivity contribution in [2.45, 2.75) is 26.3 Å². The molecule has 0 unspecified atom stereocenters. The summed E-state index contributed by atoms with van der Waals surface area (Å²) in [5.41, 5.74) is 2.48. The molecule has 0 aromatic heterocycles. The summed E-state index contributed by atoms with van der Waals surface area (Å²) in [7, 11) is 1.74. The van der Waals surface area contributed by atoms with Crippen LogP contribution >= 0.6 is 0 Å².